The highest BCUT2D eigenvalue weighted by atomic mass is 14.7. The van der Waals surface area contributed by atoms with Crippen LogP contribution < -0.4 is 0 Å². The first-order valence-corrected chi connectivity index (χ1v) is 7.93. The molecule has 0 atom stereocenters. The summed E-state index contributed by atoms with van der Waals surface area (Å²) in [6.45, 7) is 0. The van der Waals surface area contributed by atoms with Crippen LogP contribution in [0.15, 0.2) is 6.20 Å². The zero-order valence-corrected chi connectivity index (χ0v) is 11.5. The minimum absolute atomic E-state index is 1.22. The lowest BCUT2D eigenvalue weighted by atomic mass is 9.86. The van der Waals surface area contributed by atoms with Crippen molar-refractivity contribution in [2.45, 2.75) is 77.0 Å². The van der Waals surface area contributed by atoms with Crippen molar-refractivity contribution in [2.75, 3.05) is 0 Å². The standard InChI is InChI=1S/C17H25N/c1-2-6-10-15-14(9-5-1)13-18-17-12-8-4-3-7-11-16(15)17/h13H,1-12H2. The lowest BCUT2D eigenvalue weighted by Crippen LogP contribution is -2.11. The first-order valence-electron chi connectivity index (χ1n) is 7.93. The largest absolute Gasteiger partial charge is 0.261 e. The van der Waals surface area contributed by atoms with Crippen LogP contribution >= 0.6 is 0 Å². The van der Waals surface area contributed by atoms with Gasteiger partial charge in [0.2, 0.25) is 0 Å². The second kappa shape index (κ2) is 5.86. The van der Waals surface area contributed by atoms with Gasteiger partial charge in [-0.15, -0.1) is 0 Å². The van der Waals surface area contributed by atoms with Crippen LogP contribution in [0.3, 0.4) is 0 Å². The summed E-state index contributed by atoms with van der Waals surface area (Å²) in [6.07, 6.45) is 18.5. The van der Waals surface area contributed by atoms with Crippen LogP contribution in [-0.4, -0.2) is 4.98 Å². The summed E-state index contributed by atoms with van der Waals surface area (Å²) in [6, 6.07) is 0. The minimum Gasteiger partial charge on any atom is -0.261 e. The maximum atomic E-state index is 4.81. The van der Waals surface area contributed by atoms with Crippen molar-refractivity contribution < 1.29 is 0 Å². The molecule has 0 aromatic carbocycles. The minimum atomic E-state index is 1.22. The molecule has 0 amide bonds. The summed E-state index contributed by atoms with van der Waals surface area (Å²) in [5, 5.41) is 0. The van der Waals surface area contributed by atoms with E-state index >= 15 is 0 Å². The maximum Gasteiger partial charge on any atom is 0.0438 e. The van der Waals surface area contributed by atoms with E-state index < -0.39 is 0 Å². The first kappa shape index (κ1) is 12.2. The van der Waals surface area contributed by atoms with Gasteiger partial charge in [-0.25, -0.2) is 0 Å². The molecular formula is C17H25N. The quantitative estimate of drug-likeness (QED) is 0.658. The van der Waals surface area contributed by atoms with Crippen molar-refractivity contribution in [1.82, 2.24) is 4.98 Å². The summed E-state index contributed by atoms with van der Waals surface area (Å²) in [7, 11) is 0. The SMILES string of the molecule is c1nc2c(c3c1CCCCCC3)CCCCCC2. The smallest absolute Gasteiger partial charge is 0.0438 e. The number of aryl methyl sites for hydroxylation is 2. The molecule has 3 rings (SSSR count). The van der Waals surface area contributed by atoms with Gasteiger partial charge in [-0.2, -0.15) is 0 Å². The Morgan fingerprint density at radius 3 is 2.00 bits per heavy atom. The molecule has 2 aliphatic carbocycles. The molecule has 1 heterocycles. The molecular weight excluding hydrogens is 218 g/mol. The molecule has 98 valence electrons. The molecule has 1 aromatic heterocycles. The molecule has 0 fully saturated rings. The second-order valence-electron chi connectivity index (χ2n) is 6.02. The van der Waals surface area contributed by atoms with E-state index in [1.165, 1.54) is 82.7 Å². The second-order valence-corrected chi connectivity index (χ2v) is 6.02. The molecule has 0 unspecified atom stereocenters. The van der Waals surface area contributed by atoms with Crippen LogP contribution in [0.25, 0.3) is 0 Å². The van der Waals surface area contributed by atoms with Gasteiger partial charge in [0.15, 0.2) is 0 Å². The number of fused-ring (bicyclic) bond motifs is 3. The zero-order chi connectivity index (χ0) is 12.2. The predicted molar refractivity (Wildman–Crippen MR) is 76.0 cm³/mol. The van der Waals surface area contributed by atoms with Crippen molar-refractivity contribution in [1.29, 1.82) is 0 Å². The van der Waals surface area contributed by atoms with Gasteiger partial charge in [0.05, 0.1) is 0 Å². The highest BCUT2D eigenvalue weighted by Crippen LogP contribution is 2.28. The summed E-state index contributed by atoms with van der Waals surface area (Å²) in [5.41, 5.74) is 6.39. The lowest BCUT2D eigenvalue weighted by Gasteiger charge is -2.21. The fourth-order valence-corrected chi connectivity index (χ4v) is 3.64. The summed E-state index contributed by atoms with van der Waals surface area (Å²) < 4.78 is 0. The van der Waals surface area contributed by atoms with Crippen molar-refractivity contribution >= 4 is 0 Å². The van der Waals surface area contributed by atoms with Crippen molar-refractivity contribution in [3.63, 3.8) is 0 Å². The average molecular weight is 243 g/mol. The van der Waals surface area contributed by atoms with E-state index in [-0.39, 0.29) is 0 Å². The van der Waals surface area contributed by atoms with E-state index in [1.54, 1.807) is 16.7 Å². The molecule has 0 spiro atoms. The molecule has 2 aliphatic rings. The van der Waals surface area contributed by atoms with Gasteiger partial charge in [0.25, 0.3) is 0 Å². The highest BCUT2D eigenvalue weighted by molar-refractivity contribution is 5.38. The van der Waals surface area contributed by atoms with Crippen molar-refractivity contribution in [2.24, 2.45) is 0 Å². The third-order valence-corrected chi connectivity index (χ3v) is 4.69. The van der Waals surface area contributed by atoms with Crippen molar-refractivity contribution in [3.8, 4) is 0 Å². The number of hydrogen-bond donors (Lipinski definition) is 0. The predicted octanol–water partition coefficient (Wildman–Crippen LogP) is 4.40. The molecule has 1 nitrogen and oxygen atoms in total. The topological polar surface area (TPSA) is 12.9 Å². The van der Waals surface area contributed by atoms with Crippen LogP contribution in [0.5, 0.6) is 0 Å². The van der Waals surface area contributed by atoms with E-state index in [4.69, 9.17) is 4.98 Å². The molecule has 1 heteroatoms. The molecule has 0 bridgehead atoms. The highest BCUT2D eigenvalue weighted by Gasteiger charge is 2.16. The van der Waals surface area contributed by atoms with Gasteiger partial charge in [0.1, 0.15) is 0 Å². The van der Waals surface area contributed by atoms with Crippen LogP contribution in [0.4, 0.5) is 0 Å². The maximum absolute atomic E-state index is 4.81. The van der Waals surface area contributed by atoms with E-state index in [2.05, 4.69) is 6.20 Å². The summed E-state index contributed by atoms with van der Waals surface area (Å²) in [5.74, 6) is 0. The Bertz CT molecular complexity index is 369. The van der Waals surface area contributed by atoms with Crippen LogP contribution in [0.1, 0.15) is 73.8 Å². The lowest BCUT2D eigenvalue weighted by molar-refractivity contribution is 0.585. The van der Waals surface area contributed by atoms with E-state index in [0.29, 0.717) is 0 Å². The fourth-order valence-electron chi connectivity index (χ4n) is 3.64. The van der Waals surface area contributed by atoms with Gasteiger partial charge in [0, 0.05) is 11.9 Å². The summed E-state index contributed by atoms with van der Waals surface area (Å²) in [4.78, 5) is 4.81. The molecule has 18 heavy (non-hydrogen) atoms. The third kappa shape index (κ3) is 2.60. The Hall–Kier alpha value is -0.850. The normalized spacial score (nSPS) is 20.9. The van der Waals surface area contributed by atoms with Gasteiger partial charge in [-0.1, -0.05) is 25.7 Å². The fraction of sp³-hybridized carbons (Fsp3) is 0.706. The molecule has 0 saturated heterocycles. The Kier molecular flexibility index (Phi) is 3.97. The zero-order valence-electron chi connectivity index (χ0n) is 11.5. The van der Waals surface area contributed by atoms with E-state index in [0.717, 1.165) is 0 Å². The molecule has 1 aromatic rings. The first-order chi connectivity index (χ1) is 8.95. The Labute approximate surface area is 111 Å². The molecule has 0 saturated carbocycles. The molecule has 0 radical (unpaired) electrons. The van der Waals surface area contributed by atoms with Crippen LogP contribution in [0.2, 0.25) is 0 Å². The van der Waals surface area contributed by atoms with Crippen molar-refractivity contribution in [3.05, 3.63) is 28.6 Å². The van der Waals surface area contributed by atoms with Crippen LogP contribution in [0, 0.1) is 0 Å². The van der Waals surface area contributed by atoms with E-state index in [1.807, 2.05) is 0 Å². The number of nitrogens with zero attached hydrogens (tertiary/aromatic N) is 1. The number of aromatic nitrogens is 1. The van der Waals surface area contributed by atoms with E-state index in [9.17, 15) is 0 Å². The Morgan fingerprint density at radius 2 is 1.22 bits per heavy atom. The monoisotopic (exact) mass is 243 g/mol. The number of pyridine rings is 1. The van der Waals surface area contributed by atoms with Gasteiger partial charge < -0.3 is 0 Å². The molecule has 0 aliphatic heterocycles. The number of rotatable bonds is 0. The molecule has 0 N–H and O–H groups in total. The van der Waals surface area contributed by atoms with Gasteiger partial charge in [-0.3, -0.25) is 4.98 Å². The van der Waals surface area contributed by atoms with Gasteiger partial charge in [-0.05, 0) is 68.1 Å². The Morgan fingerprint density at radius 1 is 0.611 bits per heavy atom. The third-order valence-electron chi connectivity index (χ3n) is 4.69. The average Bonchev–Trinajstić information content (AvgIpc) is 2.31. The summed E-state index contributed by atoms with van der Waals surface area (Å²) >= 11 is 0. The Balaban J connectivity index is 1.97. The number of hydrogen-bond acceptors (Lipinski definition) is 1. The van der Waals surface area contributed by atoms with Gasteiger partial charge >= 0.3 is 0 Å². The van der Waals surface area contributed by atoms with Crippen LogP contribution in [-0.2, 0) is 25.7 Å².